The standard InChI is InChI=1S/C32H25N5O2/c33-32-30(35-37(26-18-9-3-10-19-26)27-20-11-4-12-21-27)29(31(39-32)28-22-13-23-38-28)34-36(24-14-5-1-6-15-24)25-16-7-2-8-17-25/h1-23,31,33H/b33-32?,34-29-,35-30+/t31-/m0/s1. The second-order valence-corrected chi connectivity index (χ2v) is 8.74. The highest BCUT2D eigenvalue weighted by atomic mass is 16.5. The van der Waals surface area contributed by atoms with Crippen LogP contribution in [0.4, 0.5) is 22.7 Å². The van der Waals surface area contributed by atoms with Gasteiger partial charge in [-0.3, -0.25) is 5.41 Å². The average molecular weight is 512 g/mol. The van der Waals surface area contributed by atoms with Gasteiger partial charge in [-0.1, -0.05) is 72.8 Å². The second-order valence-electron chi connectivity index (χ2n) is 8.74. The smallest absolute Gasteiger partial charge is 0.237 e. The van der Waals surface area contributed by atoms with Crippen LogP contribution in [0.3, 0.4) is 0 Å². The van der Waals surface area contributed by atoms with Crippen molar-refractivity contribution >= 4 is 40.1 Å². The number of nitrogens with one attached hydrogen (secondary N) is 1. The summed E-state index contributed by atoms with van der Waals surface area (Å²) in [6, 6.07) is 42.9. The summed E-state index contributed by atoms with van der Waals surface area (Å²) < 4.78 is 11.8. The van der Waals surface area contributed by atoms with Gasteiger partial charge < -0.3 is 9.15 Å². The van der Waals surface area contributed by atoms with Crippen LogP contribution in [0, 0.1) is 5.41 Å². The van der Waals surface area contributed by atoms with Crippen LogP contribution in [0.5, 0.6) is 0 Å². The van der Waals surface area contributed by atoms with Crippen molar-refractivity contribution in [3.05, 3.63) is 145 Å². The lowest BCUT2D eigenvalue weighted by Gasteiger charge is -2.22. The minimum Gasteiger partial charge on any atom is -0.465 e. The number of benzene rings is 4. The molecule has 4 aromatic carbocycles. The van der Waals surface area contributed by atoms with Crippen LogP contribution in [-0.2, 0) is 4.74 Å². The highest BCUT2D eigenvalue weighted by Gasteiger charge is 2.40. The van der Waals surface area contributed by atoms with E-state index in [1.165, 1.54) is 0 Å². The fraction of sp³-hybridized carbons (Fsp3) is 0.0312. The maximum Gasteiger partial charge on any atom is 0.237 e. The molecule has 6 rings (SSSR count). The molecule has 0 aliphatic carbocycles. The van der Waals surface area contributed by atoms with Crippen molar-refractivity contribution in [3.8, 4) is 0 Å². The van der Waals surface area contributed by atoms with Gasteiger partial charge in [-0.25, -0.2) is 10.0 Å². The highest BCUT2D eigenvalue weighted by molar-refractivity contribution is 6.69. The zero-order valence-electron chi connectivity index (χ0n) is 21.0. The molecule has 1 saturated heterocycles. The van der Waals surface area contributed by atoms with E-state index in [4.69, 9.17) is 24.8 Å². The second kappa shape index (κ2) is 10.9. The van der Waals surface area contributed by atoms with Gasteiger partial charge in [0.05, 0.1) is 29.0 Å². The Morgan fingerprint density at radius 1 is 0.538 bits per heavy atom. The van der Waals surface area contributed by atoms with Gasteiger partial charge in [0.2, 0.25) is 12.0 Å². The normalized spacial score (nSPS) is 16.8. The molecule has 2 heterocycles. The Hall–Kier alpha value is -5.43. The number of anilines is 4. The van der Waals surface area contributed by atoms with Gasteiger partial charge in [-0.2, -0.15) is 10.2 Å². The first-order chi connectivity index (χ1) is 19.3. The predicted octanol–water partition coefficient (Wildman–Crippen LogP) is 7.72. The number of nitrogens with zero attached hydrogens (tertiary/aromatic N) is 4. The van der Waals surface area contributed by atoms with Crippen LogP contribution in [0.2, 0.25) is 0 Å². The minimum atomic E-state index is -0.741. The Kier molecular flexibility index (Phi) is 6.69. The predicted molar refractivity (Wildman–Crippen MR) is 155 cm³/mol. The molecule has 1 N–H and O–H groups in total. The molecule has 39 heavy (non-hydrogen) atoms. The number of rotatable bonds is 7. The molecule has 1 fully saturated rings. The average Bonchev–Trinajstić information content (AvgIpc) is 3.64. The number of para-hydroxylation sites is 4. The molecule has 0 radical (unpaired) electrons. The minimum absolute atomic E-state index is 0.0897. The van der Waals surface area contributed by atoms with Crippen LogP contribution in [0.25, 0.3) is 0 Å². The molecule has 190 valence electrons. The maximum absolute atomic E-state index is 8.82. The van der Waals surface area contributed by atoms with Crippen molar-refractivity contribution < 1.29 is 9.15 Å². The van der Waals surface area contributed by atoms with E-state index in [1.807, 2.05) is 132 Å². The summed E-state index contributed by atoms with van der Waals surface area (Å²) in [7, 11) is 0. The van der Waals surface area contributed by atoms with Crippen LogP contribution < -0.4 is 10.0 Å². The Labute approximate surface area is 226 Å². The lowest BCUT2D eigenvalue weighted by molar-refractivity contribution is 0.240. The van der Waals surface area contributed by atoms with Gasteiger partial charge in [0.25, 0.3) is 0 Å². The topological polar surface area (TPSA) is 77.4 Å². The molecule has 0 bridgehead atoms. The number of hydrogen-bond donors (Lipinski definition) is 1. The van der Waals surface area contributed by atoms with Crippen LogP contribution in [0.15, 0.2) is 154 Å². The third-order valence-electron chi connectivity index (χ3n) is 6.15. The molecule has 1 aromatic heterocycles. The van der Waals surface area contributed by atoms with E-state index in [2.05, 4.69) is 0 Å². The van der Waals surface area contributed by atoms with Crippen molar-refractivity contribution in [3.63, 3.8) is 0 Å². The van der Waals surface area contributed by atoms with Gasteiger partial charge in [0.15, 0.2) is 11.5 Å². The first-order valence-electron chi connectivity index (χ1n) is 12.5. The van der Waals surface area contributed by atoms with Gasteiger partial charge in [0, 0.05) is 0 Å². The van der Waals surface area contributed by atoms with Crippen molar-refractivity contribution in [2.45, 2.75) is 6.10 Å². The third kappa shape index (κ3) is 5.06. The van der Waals surface area contributed by atoms with E-state index in [0.717, 1.165) is 22.7 Å². The largest absolute Gasteiger partial charge is 0.465 e. The summed E-state index contributed by atoms with van der Waals surface area (Å²) in [5.74, 6) is 0.448. The Morgan fingerprint density at radius 3 is 1.38 bits per heavy atom. The maximum atomic E-state index is 8.82. The van der Waals surface area contributed by atoms with Gasteiger partial charge >= 0.3 is 0 Å². The summed E-state index contributed by atoms with van der Waals surface area (Å²) in [5, 5.41) is 22.5. The summed E-state index contributed by atoms with van der Waals surface area (Å²) in [6.45, 7) is 0. The van der Waals surface area contributed by atoms with Crippen LogP contribution >= 0.6 is 0 Å². The summed E-state index contributed by atoms with van der Waals surface area (Å²) >= 11 is 0. The molecular formula is C32H25N5O2. The van der Waals surface area contributed by atoms with Crippen molar-refractivity contribution in [1.29, 1.82) is 5.41 Å². The Morgan fingerprint density at radius 2 is 0.974 bits per heavy atom. The monoisotopic (exact) mass is 511 g/mol. The quantitative estimate of drug-likeness (QED) is 0.227. The molecule has 5 aromatic rings. The molecule has 7 heteroatoms. The summed E-state index contributed by atoms with van der Waals surface area (Å²) in [4.78, 5) is 0. The van der Waals surface area contributed by atoms with Crippen molar-refractivity contribution in [2.75, 3.05) is 10.0 Å². The van der Waals surface area contributed by atoms with E-state index >= 15 is 0 Å². The molecule has 1 aliphatic heterocycles. The van der Waals surface area contributed by atoms with E-state index in [1.54, 1.807) is 17.3 Å². The zero-order valence-corrected chi connectivity index (χ0v) is 21.0. The molecule has 1 atom stereocenters. The van der Waals surface area contributed by atoms with E-state index in [0.29, 0.717) is 17.2 Å². The fourth-order valence-electron chi connectivity index (χ4n) is 4.31. The van der Waals surface area contributed by atoms with Gasteiger partial charge in [0.1, 0.15) is 5.71 Å². The van der Waals surface area contributed by atoms with Gasteiger partial charge in [-0.15, -0.1) is 0 Å². The van der Waals surface area contributed by atoms with Crippen LogP contribution in [0.1, 0.15) is 11.9 Å². The molecule has 0 spiro atoms. The Balaban J connectivity index is 1.54. The SMILES string of the molecule is N=C1O[C@@H](c2ccco2)C(=N\N(c2ccccc2)c2ccccc2)/C1=N\N(c1ccccc1)c1ccccc1. The molecule has 0 saturated carbocycles. The molecular weight excluding hydrogens is 486 g/mol. The van der Waals surface area contributed by atoms with E-state index in [-0.39, 0.29) is 5.90 Å². The number of furan rings is 1. The molecule has 7 nitrogen and oxygen atoms in total. The Bertz CT molecular complexity index is 1510. The van der Waals surface area contributed by atoms with Crippen molar-refractivity contribution in [2.24, 2.45) is 10.2 Å². The van der Waals surface area contributed by atoms with Gasteiger partial charge in [-0.05, 0) is 60.7 Å². The highest BCUT2D eigenvalue weighted by Crippen LogP contribution is 2.33. The van der Waals surface area contributed by atoms with E-state index < -0.39 is 6.10 Å². The molecule has 0 amide bonds. The molecule has 0 unspecified atom stereocenters. The van der Waals surface area contributed by atoms with Crippen molar-refractivity contribution in [1.82, 2.24) is 0 Å². The summed E-state index contributed by atoms with van der Waals surface area (Å²) in [5.41, 5.74) is 4.16. The number of hydrogen-bond acceptors (Lipinski definition) is 7. The first kappa shape index (κ1) is 23.9. The lowest BCUT2D eigenvalue weighted by atomic mass is 10.1. The zero-order chi connectivity index (χ0) is 26.4. The van der Waals surface area contributed by atoms with Crippen LogP contribution in [-0.4, -0.2) is 17.3 Å². The first-order valence-corrected chi connectivity index (χ1v) is 12.5. The number of ether oxygens (including phenoxy) is 1. The lowest BCUT2D eigenvalue weighted by Crippen LogP contribution is -2.25. The molecule has 1 aliphatic rings. The number of hydrazone groups is 2. The fourth-order valence-corrected chi connectivity index (χ4v) is 4.31. The summed E-state index contributed by atoms with van der Waals surface area (Å²) in [6.07, 6.45) is 0.844. The third-order valence-corrected chi connectivity index (χ3v) is 6.15. The van der Waals surface area contributed by atoms with E-state index in [9.17, 15) is 0 Å².